The van der Waals surface area contributed by atoms with Crippen LogP contribution < -0.4 is 5.32 Å². The molecule has 1 aliphatic heterocycles. The summed E-state index contributed by atoms with van der Waals surface area (Å²) in [5.41, 5.74) is 1.46. The first kappa shape index (κ1) is 14.4. The van der Waals surface area contributed by atoms with E-state index in [0.717, 1.165) is 25.1 Å². The fourth-order valence-corrected chi connectivity index (χ4v) is 3.54. The first-order valence-electron chi connectivity index (χ1n) is 8.39. The summed E-state index contributed by atoms with van der Waals surface area (Å²) >= 11 is 0. The third-order valence-electron chi connectivity index (χ3n) is 4.69. The number of hydrogen-bond acceptors (Lipinski definition) is 3. The largest absolute Gasteiger partial charge is 0.463 e. The number of amidine groups is 1. The molecule has 3 heteroatoms. The standard InChI is InChI=1S/C18H26N2O/c1-2-7-15(8-3-1)9-6-11-16-10-4-5-12-17(16)20-18-19-13-14-21-18/h1-3,7-8,16-17H,4-6,9-14H2,(H,19,20)/t16-,17+/m0/s1. The average Bonchev–Trinajstić information content (AvgIpc) is 3.03. The van der Waals surface area contributed by atoms with Crippen molar-refractivity contribution in [3.8, 4) is 0 Å². The van der Waals surface area contributed by atoms with E-state index in [0.29, 0.717) is 6.04 Å². The van der Waals surface area contributed by atoms with E-state index in [1.807, 2.05) is 0 Å². The monoisotopic (exact) mass is 286 g/mol. The first-order valence-corrected chi connectivity index (χ1v) is 8.39. The van der Waals surface area contributed by atoms with Crippen LogP contribution in [0.2, 0.25) is 0 Å². The number of aryl methyl sites for hydroxylation is 1. The number of aliphatic imine (C=N–C) groups is 1. The van der Waals surface area contributed by atoms with Gasteiger partial charge in [0.2, 0.25) is 0 Å². The number of benzene rings is 1. The summed E-state index contributed by atoms with van der Waals surface area (Å²) in [6, 6.07) is 12.2. The smallest absolute Gasteiger partial charge is 0.285 e. The zero-order valence-corrected chi connectivity index (χ0v) is 12.8. The van der Waals surface area contributed by atoms with Gasteiger partial charge in [0.25, 0.3) is 6.02 Å². The van der Waals surface area contributed by atoms with E-state index in [-0.39, 0.29) is 0 Å². The molecule has 114 valence electrons. The summed E-state index contributed by atoms with van der Waals surface area (Å²) in [5.74, 6) is 0.773. The number of nitrogens with one attached hydrogen (secondary N) is 1. The van der Waals surface area contributed by atoms with Gasteiger partial charge in [0.05, 0.1) is 6.54 Å². The summed E-state index contributed by atoms with van der Waals surface area (Å²) in [7, 11) is 0. The van der Waals surface area contributed by atoms with Crippen molar-refractivity contribution >= 4 is 6.02 Å². The summed E-state index contributed by atoms with van der Waals surface area (Å²) in [5, 5.41) is 3.54. The summed E-state index contributed by atoms with van der Waals surface area (Å²) < 4.78 is 5.52. The summed E-state index contributed by atoms with van der Waals surface area (Å²) in [6.07, 6.45) is 9.10. The van der Waals surface area contributed by atoms with Gasteiger partial charge in [-0.05, 0) is 43.6 Å². The predicted molar refractivity (Wildman–Crippen MR) is 86.5 cm³/mol. The maximum atomic E-state index is 5.52. The predicted octanol–water partition coefficient (Wildman–Crippen LogP) is 3.54. The molecule has 0 amide bonds. The number of ether oxygens (including phenoxy) is 1. The van der Waals surface area contributed by atoms with Gasteiger partial charge in [-0.25, -0.2) is 4.99 Å². The van der Waals surface area contributed by atoms with Gasteiger partial charge in [0, 0.05) is 6.04 Å². The lowest BCUT2D eigenvalue weighted by molar-refractivity contribution is 0.247. The Kier molecular flexibility index (Phi) is 5.14. The molecule has 21 heavy (non-hydrogen) atoms. The van der Waals surface area contributed by atoms with Gasteiger partial charge in [-0.2, -0.15) is 0 Å². The van der Waals surface area contributed by atoms with Crippen molar-refractivity contribution < 1.29 is 4.74 Å². The van der Waals surface area contributed by atoms with Gasteiger partial charge in [-0.15, -0.1) is 0 Å². The maximum absolute atomic E-state index is 5.52. The second-order valence-electron chi connectivity index (χ2n) is 6.21. The normalized spacial score (nSPS) is 25.2. The first-order chi connectivity index (χ1) is 10.4. The SMILES string of the molecule is c1ccc(CCC[C@@H]2CCCC[C@H]2NC2=NCCO2)cc1. The Bertz CT molecular complexity index is 458. The second kappa shape index (κ2) is 7.48. The molecule has 1 aliphatic carbocycles. The third-order valence-corrected chi connectivity index (χ3v) is 4.69. The van der Waals surface area contributed by atoms with E-state index >= 15 is 0 Å². The molecular weight excluding hydrogens is 260 g/mol. The molecule has 0 bridgehead atoms. The average molecular weight is 286 g/mol. The molecule has 2 atom stereocenters. The van der Waals surface area contributed by atoms with Crippen LogP contribution in [0, 0.1) is 5.92 Å². The molecule has 1 saturated carbocycles. The Morgan fingerprint density at radius 1 is 1.14 bits per heavy atom. The lowest BCUT2D eigenvalue weighted by Crippen LogP contribution is -2.42. The van der Waals surface area contributed by atoms with Crippen molar-refractivity contribution in [2.45, 2.75) is 51.0 Å². The minimum absolute atomic E-state index is 0.561. The Morgan fingerprint density at radius 3 is 2.81 bits per heavy atom. The van der Waals surface area contributed by atoms with Crippen molar-refractivity contribution in [3.05, 3.63) is 35.9 Å². The molecule has 0 unspecified atom stereocenters. The Hall–Kier alpha value is -1.51. The second-order valence-corrected chi connectivity index (χ2v) is 6.21. The van der Waals surface area contributed by atoms with Crippen molar-refractivity contribution in [3.63, 3.8) is 0 Å². The molecule has 0 aromatic heterocycles. The van der Waals surface area contributed by atoms with Gasteiger partial charge >= 0.3 is 0 Å². The molecular formula is C18H26N2O. The summed E-state index contributed by atoms with van der Waals surface area (Å²) in [4.78, 5) is 4.38. The Labute approximate surface area is 127 Å². The molecule has 0 saturated heterocycles. The topological polar surface area (TPSA) is 33.6 Å². The minimum Gasteiger partial charge on any atom is -0.463 e. The highest BCUT2D eigenvalue weighted by Crippen LogP contribution is 2.29. The number of nitrogens with zero attached hydrogens (tertiary/aromatic N) is 1. The van der Waals surface area contributed by atoms with E-state index in [4.69, 9.17) is 4.74 Å². The number of rotatable bonds is 5. The number of hydrogen-bond donors (Lipinski definition) is 1. The fraction of sp³-hybridized carbons (Fsp3) is 0.611. The van der Waals surface area contributed by atoms with Gasteiger partial charge in [-0.3, -0.25) is 0 Å². The van der Waals surface area contributed by atoms with Crippen molar-refractivity contribution in [2.75, 3.05) is 13.2 Å². The van der Waals surface area contributed by atoms with Crippen molar-refractivity contribution in [1.29, 1.82) is 0 Å². The molecule has 3 nitrogen and oxygen atoms in total. The van der Waals surface area contributed by atoms with Crippen LogP contribution in [0.4, 0.5) is 0 Å². The zero-order chi connectivity index (χ0) is 14.3. The molecule has 0 spiro atoms. The van der Waals surface area contributed by atoms with E-state index < -0.39 is 0 Å². The highest BCUT2D eigenvalue weighted by molar-refractivity contribution is 5.75. The maximum Gasteiger partial charge on any atom is 0.285 e. The van der Waals surface area contributed by atoms with E-state index in [9.17, 15) is 0 Å². The van der Waals surface area contributed by atoms with Gasteiger partial charge in [0.1, 0.15) is 6.61 Å². The molecule has 1 heterocycles. The molecule has 1 fully saturated rings. The lowest BCUT2D eigenvalue weighted by Gasteiger charge is -2.32. The Morgan fingerprint density at radius 2 is 2.00 bits per heavy atom. The molecule has 0 radical (unpaired) electrons. The molecule has 1 aromatic rings. The fourth-order valence-electron chi connectivity index (χ4n) is 3.54. The van der Waals surface area contributed by atoms with Crippen molar-refractivity contribution in [2.24, 2.45) is 10.9 Å². The lowest BCUT2D eigenvalue weighted by atomic mass is 9.81. The van der Waals surface area contributed by atoms with Crippen LogP contribution in [0.25, 0.3) is 0 Å². The third kappa shape index (κ3) is 4.23. The van der Waals surface area contributed by atoms with Gasteiger partial charge in [0.15, 0.2) is 0 Å². The molecule has 2 aliphatic rings. The molecule has 1 N–H and O–H groups in total. The van der Waals surface area contributed by atoms with E-state index in [2.05, 4.69) is 40.6 Å². The minimum atomic E-state index is 0.561. The Balaban J connectivity index is 1.47. The van der Waals surface area contributed by atoms with Crippen LogP contribution in [0.3, 0.4) is 0 Å². The zero-order valence-electron chi connectivity index (χ0n) is 12.8. The van der Waals surface area contributed by atoms with Crippen LogP contribution >= 0.6 is 0 Å². The van der Waals surface area contributed by atoms with E-state index in [1.54, 1.807) is 0 Å². The van der Waals surface area contributed by atoms with Crippen LogP contribution in [0.5, 0.6) is 0 Å². The quantitative estimate of drug-likeness (QED) is 0.898. The van der Waals surface area contributed by atoms with Gasteiger partial charge in [-0.1, -0.05) is 43.2 Å². The van der Waals surface area contributed by atoms with Crippen LogP contribution in [0.1, 0.15) is 44.1 Å². The highest BCUT2D eigenvalue weighted by Gasteiger charge is 2.26. The van der Waals surface area contributed by atoms with Crippen LogP contribution in [-0.2, 0) is 11.2 Å². The summed E-state index contributed by atoms with van der Waals surface area (Å²) in [6.45, 7) is 1.56. The molecule has 1 aromatic carbocycles. The van der Waals surface area contributed by atoms with Crippen LogP contribution in [0.15, 0.2) is 35.3 Å². The van der Waals surface area contributed by atoms with Crippen LogP contribution in [-0.4, -0.2) is 25.2 Å². The molecule has 3 rings (SSSR count). The van der Waals surface area contributed by atoms with E-state index in [1.165, 1.54) is 50.5 Å². The highest BCUT2D eigenvalue weighted by atomic mass is 16.5. The van der Waals surface area contributed by atoms with Crippen molar-refractivity contribution in [1.82, 2.24) is 5.32 Å². The van der Waals surface area contributed by atoms with Gasteiger partial charge < -0.3 is 10.1 Å².